The first kappa shape index (κ1) is 36.5. The van der Waals surface area contributed by atoms with Crippen LogP contribution in [0.4, 0.5) is 17.1 Å². The van der Waals surface area contributed by atoms with E-state index in [1.54, 1.807) is 0 Å². The zero-order chi connectivity index (χ0) is 42.5. The third-order valence-electron chi connectivity index (χ3n) is 13.7. The third-order valence-corrected chi connectivity index (χ3v) is 13.7. The Kier molecular flexibility index (Phi) is 7.95. The maximum atomic E-state index is 7.16. The van der Waals surface area contributed by atoms with Crippen LogP contribution < -0.4 is 4.90 Å². The Morgan fingerprint density at radius 1 is 0.359 bits per heavy atom. The van der Waals surface area contributed by atoms with E-state index in [0.717, 1.165) is 83.2 Å². The molecule has 0 amide bonds. The fourth-order valence-corrected chi connectivity index (χ4v) is 10.5. The standard InChI is InChI=1S/C61H41NO2/c1-61(2)53-21-10-8-17-48(53)49-34-33-46(36-54(49)61)62(44-29-25-40(26-30-44)38-13-4-3-5-14-38)45-31-27-41(28-32-45)47-19-12-20-50-52-37-56-58(51-18-9-11-22-55(51)63-56)57(60(52)64-59(47)50)43-24-23-39-15-6-7-16-42(39)35-43/h3-37H,1-2H3. The lowest BCUT2D eigenvalue weighted by Crippen LogP contribution is -2.16. The van der Waals surface area contributed by atoms with Gasteiger partial charge >= 0.3 is 0 Å². The first-order valence-electron chi connectivity index (χ1n) is 22.1. The average molecular weight is 820 g/mol. The van der Waals surface area contributed by atoms with Gasteiger partial charge in [-0.25, -0.2) is 0 Å². The van der Waals surface area contributed by atoms with Crippen LogP contribution in [0.25, 0.3) is 99.2 Å². The summed E-state index contributed by atoms with van der Waals surface area (Å²) in [6.45, 7) is 4.69. The Hall–Kier alpha value is -8.14. The lowest BCUT2D eigenvalue weighted by molar-refractivity contribution is 0.660. The van der Waals surface area contributed by atoms with Gasteiger partial charge in [0.25, 0.3) is 0 Å². The van der Waals surface area contributed by atoms with Crippen molar-refractivity contribution >= 4 is 71.7 Å². The highest BCUT2D eigenvalue weighted by Crippen LogP contribution is 2.51. The van der Waals surface area contributed by atoms with Gasteiger partial charge in [0.15, 0.2) is 0 Å². The maximum absolute atomic E-state index is 7.16. The molecule has 1 aliphatic carbocycles. The summed E-state index contributed by atoms with van der Waals surface area (Å²) in [7, 11) is 0. The summed E-state index contributed by atoms with van der Waals surface area (Å²) in [5.74, 6) is 0. The molecular formula is C61H41NO2. The SMILES string of the molecule is CC1(C)c2ccccc2-c2ccc(N(c3ccc(-c4ccccc4)cc3)c3ccc(-c4cccc5c4oc4c(-c6ccc7ccccc7c6)c6c(cc45)oc4ccccc46)cc3)cc21. The van der Waals surface area contributed by atoms with Crippen LogP contribution in [0.2, 0.25) is 0 Å². The van der Waals surface area contributed by atoms with Gasteiger partial charge in [0.2, 0.25) is 0 Å². The number of furan rings is 2. The summed E-state index contributed by atoms with van der Waals surface area (Å²) in [6, 6.07) is 76.5. The van der Waals surface area contributed by atoms with Crippen LogP contribution in [0.5, 0.6) is 0 Å². The molecule has 10 aromatic carbocycles. The average Bonchev–Trinajstić information content (AvgIpc) is 3.98. The van der Waals surface area contributed by atoms with E-state index in [4.69, 9.17) is 8.83 Å². The van der Waals surface area contributed by atoms with Crippen molar-refractivity contribution in [3.63, 3.8) is 0 Å². The van der Waals surface area contributed by atoms with Crippen LogP contribution >= 0.6 is 0 Å². The minimum atomic E-state index is -0.121. The molecule has 0 bridgehead atoms. The Bertz CT molecular complexity index is 3800. The van der Waals surface area contributed by atoms with Gasteiger partial charge in [-0.2, -0.15) is 0 Å². The molecule has 302 valence electrons. The fourth-order valence-electron chi connectivity index (χ4n) is 10.5. The molecule has 0 radical (unpaired) electrons. The lowest BCUT2D eigenvalue weighted by atomic mass is 9.82. The van der Waals surface area contributed by atoms with Crippen LogP contribution in [-0.4, -0.2) is 0 Å². The Morgan fingerprint density at radius 3 is 1.81 bits per heavy atom. The van der Waals surface area contributed by atoms with E-state index < -0.39 is 0 Å². The first-order valence-corrected chi connectivity index (χ1v) is 22.1. The monoisotopic (exact) mass is 819 g/mol. The van der Waals surface area contributed by atoms with Gasteiger partial charge in [-0.05, 0) is 110 Å². The first-order chi connectivity index (χ1) is 31.5. The number of para-hydroxylation sites is 2. The lowest BCUT2D eigenvalue weighted by Gasteiger charge is -2.28. The van der Waals surface area contributed by atoms with Crippen molar-refractivity contribution < 1.29 is 8.83 Å². The minimum Gasteiger partial charge on any atom is -0.456 e. The normalized spacial score (nSPS) is 13.0. The number of anilines is 3. The van der Waals surface area contributed by atoms with E-state index in [2.05, 4.69) is 219 Å². The number of hydrogen-bond acceptors (Lipinski definition) is 3. The fraction of sp³-hybridized carbons (Fsp3) is 0.0492. The highest BCUT2D eigenvalue weighted by atomic mass is 16.3. The van der Waals surface area contributed by atoms with Gasteiger partial charge in [-0.15, -0.1) is 0 Å². The summed E-state index contributed by atoms with van der Waals surface area (Å²) >= 11 is 0. The third kappa shape index (κ3) is 5.54. The molecular weight excluding hydrogens is 779 g/mol. The van der Waals surface area contributed by atoms with Gasteiger partial charge < -0.3 is 13.7 Å². The summed E-state index contributed by atoms with van der Waals surface area (Å²) in [4.78, 5) is 2.38. The van der Waals surface area contributed by atoms with Crippen molar-refractivity contribution in [2.45, 2.75) is 19.3 Å². The van der Waals surface area contributed by atoms with Crippen LogP contribution in [0.3, 0.4) is 0 Å². The van der Waals surface area contributed by atoms with Gasteiger partial charge in [-0.1, -0.05) is 172 Å². The summed E-state index contributed by atoms with van der Waals surface area (Å²) in [6.07, 6.45) is 0. The number of rotatable bonds is 6. The molecule has 0 atom stereocenters. The Balaban J connectivity index is 0.959. The molecule has 2 heterocycles. The number of nitrogens with zero attached hydrogens (tertiary/aromatic N) is 1. The second-order valence-corrected chi connectivity index (χ2v) is 17.6. The second-order valence-electron chi connectivity index (χ2n) is 17.6. The van der Waals surface area contributed by atoms with E-state index in [-0.39, 0.29) is 5.41 Å². The number of hydrogen-bond donors (Lipinski definition) is 0. The molecule has 0 unspecified atom stereocenters. The molecule has 0 saturated heterocycles. The molecule has 0 aliphatic heterocycles. The molecule has 3 heteroatoms. The predicted octanol–water partition coefficient (Wildman–Crippen LogP) is 17.4. The van der Waals surface area contributed by atoms with E-state index >= 15 is 0 Å². The zero-order valence-corrected chi connectivity index (χ0v) is 35.5. The highest BCUT2D eigenvalue weighted by molar-refractivity contribution is 6.24. The number of benzene rings is 10. The van der Waals surface area contributed by atoms with Gasteiger partial charge in [0.1, 0.15) is 22.3 Å². The topological polar surface area (TPSA) is 29.5 Å². The van der Waals surface area contributed by atoms with E-state index in [1.165, 1.54) is 44.2 Å². The smallest absolute Gasteiger partial charge is 0.144 e. The molecule has 13 rings (SSSR count). The van der Waals surface area contributed by atoms with Crippen molar-refractivity contribution in [2.24, 2.45) is 0 Å². The van der Waals surface area contributed by atoms with E-state index in [0.29, 0.717) is 0 Å². The second kappa shape index (κ2) is 13.9. The van der Waals surface area contributed by atoms with Crippen LogP contribution in [0.1, 0.15) is 25.0 Å². The predicted molar refractivity (Wildman–Crippen MR) is 267 cm³/mol. The van der Waals surface area contributed by atoms with Gasteiger partial charge in [-0.3, -0.25) is 0 Å². The van der Waals surface area contributed by atoms with Crippen LogP contribution in [0, 0.1) is 0 Å². The largest absolute Gasteiger partial charge is 0.456 e. The molecule has 2 aromatic heterocycles. The van der Waals surface area contributed by atoms with Crippen molar-refractivity contribution in [2.75, 3.05) is 4.90 Å². The van der Waals surface area contributed by atoms with Gasteiger partial charge in [0, 0.05) is 55.1 Å². The molecule has 64 heavy (non-hydrogen) atoms. The maximum Gasteiger partial charge on any atom is 0.144 e. The van der Waals surface area contributed by atoms with E-state index in [9.17, 15) is 0 Å². The number of fused-ring (bicyclic) bond motifs is 10. The van der Waals surface area contributed by atoms with Gasteiger partial charge in [0.05, 0.1) is 0 Å². The Morgan fingerprint density at radius 2 is 0.984 bits per heavy atom. The van der Waals surface area contributed by atoms with Crippen molar-refractivity contribution in [1.29, 1.82) is 0 Å². The van der Waals surface area contributed by atoms with Crippen molar-refractivity contribution in [1.82, 2.24) is 0 Å². The minimum absolute atomic E-state index is 0.121. The van der Waals surface area contributed by atoms with Crippen molar-refractivity contribution in [3.05, 3.63) is 223 Å². The molecule has 12 aromatic rings. The molecule has 0 saturated carbocycles. The molecule has 1 aliphatic rings. The summed E-state index contributed by atoms with van der Waals surface area (Å²) in [5.41, 5.74) is 18.6. The molecule has 0 spiro atoms. The molecule has 0 N–H and O–H groups in total. The van der Waals surface area contributed by atoms with Crippen LogP contribution in [0.15, 0.2) is 221 Å². The zero-order valence-electron chi connectivity index (χ0n) is 35.5. The summed E-state index contributed by atoms with van der Waals surface area (Å²) < 4.78 is 13.7. The summed E-state index contributed by atoms with van der Waals surface area (Å²) in [5, 5.41) is 6.63. The Labute approximate surface area is 371 Å². The highest BCUT2D eigenvalue weighted by Gasteiger charge is 2.36. The van der Waals surface area contributed by atoms with Crippen LogP contribution in [-0.2, 0) is 5.41 Å². The van der Waals surface area contributed by atoms with Crippen molar-refractivity contribution in [3.8, 4) is 44.5 Å². The molecule has 3 nitrogen and oxygen atoms in total. The molecule has 0 fully saturated rings. The quantitative estimate of drug-likeness (QED) is 0.167. The van der Waals surface area contributed by atoms with E-state index in [1.807, 2.05) is 12.1 Å².